The molecule has 0 aliphatic carbocycles. The first-order valence-electron chi connectivity index (χ1n) is 8.16. The molecule has 3 rings (SSSR count). The summed E-state index contributed by atoms with van der Waals surface area (Å²) in [5.74, 6) is -0.215. The molecule has 2 aliphatic rings. The molecule has 4 nitrogen and oxygen atoms in total. The number of hydrogen-bond acceptors (Lipinski definition) is 3. The molecular weight excluding hydrogens is 319 g/mol. The van der Waals surface area contributed by atoms with Crippen molar-refractivity contribution in [2.45, 2.75) is 31.8 Å². The summed E-state index contributed by atoms with van der Waals surface area (Å²) in [6.07, 6.45) is 2.84. The van der Waals surface area contributed by atoms with E-state index in [1.54, 1.807) is 6.07 Å². The van der Waals surface area contributed by atoms with Crippen molar-refractivity contribution in [1.29, 1.82) is 0 Å². The Bertz CT molecular complexity index is 564. The number of benzene rings is 1. The molecule has 2 heterocycles. The third-order valence-electron chi connectivity index (χ3n) is 4.56. The van der Waals surface area contributed by atoms with Gasteiger partial charge in [0.25, 0.3) is 0 Å². The van der Waals surface area contributed by atoms with Crippen LogP contribution >= 0.6 is 11.6 Å². The molecule has 0 spiro atoms. The lowest BCUT2D eigenvalue weighted by Gasteiger charge is -2.33. The number of nitrogens with zero attached hydrogens (tertiary/aromatic N) is 1. The van der Waals surface area contributed by atoms with Gasteiger partial charge in [-0.05, 0) is 43.5 Å². The highest BCUT2D eigenvalue weighted by atomic mass is 35.5. The normalized spacial score (nSPS) is 25.5. The number of piperidine rings is 1. The minimum absolute atomic E-state index is 0.00285. The zero-order valence-corrected chi connectivity index (χ0v) is 13.8. The van der Waals surface area contributed by atoms with Crippen molar-refractivity contribution in [3.05, 3.63) is 34.6 Å². The highest BCUT2D eigenvalue weighted by Gasteiger charge is 2.27. The lowest BCUT2D eigenvalue weighted by molar-refractivity contribution is -0.126. The molecule has 0 saturated carbocycles. The minimum atomic E-state index is -0.318. The number of nitrogens with one attached hydrogen (secondary N) is 1. The molecule has 1 aromatic carbocycles. The van der Waals surface area contributed by atoms with Gasteiger partial charge in [-0.25, -0.2) is 4.39 Å². The summed E-state index contributed by atoms with van der Waals surface area (Å²) < 4.78 is 18.4. The predicted octanol–water partition coefficient (Wildman–Crippen LogP) is 2.60. The molecule has 126 valence electrons. The van der Waals surface area contributed by atoms with Gasteiger partial charge in [0.1, 0.15) is 5.82 Å². The van der Waals surface area contributed by atoms with Gasteiger partial charge in [-0.2, -0.15) is 0 Å². The van der Waals surface area contributed by atoms with Crippen molar-refractivity contribution >= 4 is 17.5 Å². The SMILES string of the molecule is O=C(NC1CCCN(Cc2ccc(F)cc2Cl)C1)C1CCOC1. The molecular formula is C17H22ClFN2O2. The maximum Gasteiger partial charge on any atom is 0.225 e. The number of halogens is 2. The summed E-state index contributed by atoms with van der Waals surface area (Å²) in [6, 6.07) is 4.68. The number of carbonyl (C=O) groups is 1. The maximum atomic E-state index is 13.1. The van der Waals surface area contributed by atoms with E-state index in [1.165, 1.54) is 12.1 Å². The van der Waals surface area contributed by atoms with Crippen LogP contribution in [-0.2, 0) is 16.1 Å². The molecule has 23 heavy (non-hydrogen) atoms. The van der Waals surface area contributed by atoms with Crippen molar-refractivity contribution in [2.75, 3.05) is 26.3 Å². The fourth-order valence-electron chi connectivity index (χ4n) is 3.27. The second-order valence-corrected chi connectivity index (χ2v) is 6.79. The van der Waals surface area contributed by atoms with Crippen molar-refractivity contribution in [1.82, 2.24) is 10.2 Å². The average Bonchev–Trinajstić information content (AvgIpc) is 3.05. The van der Waals surface area contributed by atoms with Crippen LogP contribution in [-0.4, -0.2) is 43.2 Å². The van der Waals surface area contributed by atoms with Crippen LogP contribution in [0.3, 0.4) is 0 Å². The fraction of sp³-hybridized carbons (Fsp3) is 0.588. The molecule has 1 amide bonds. The smallest absolute Gasteiger partial charge is 0.225 e. The lowest BCUT2D eigenvalue weighted by atomic mass is 10.0. The summed E-state index contributed by atoms with van der Waals surface area (Å²) in [4.78, 5) is 14.5. The number of ether oxygens (including phenoxy) is 1. The third-order valence-corrected chi connectivity index (χ3v) is 4.91. The second-order valence-electron chi connectivity index (χ2n) is 6.38. The highest BCUT2D eigenvalue weighted by molar-refractivity contribution is 6.31. The quantitative estimate of drug-likeness (QED) is 0.916. The van der Waals surface area contributed by atoms with Gasteiger partial charge in [-0.15, -0.1) is 0 Å². The van der Waals surface area contributed by atoms with Gasteiger partial charge in [0, 0.05) is 30.8 Å². The molecule has 1 N–H and O–H groups in total. The Morgan fingerprint density at radius 2 is 2.30 bits per heavy atom. The Morgan fingerprint density at radius 1 is 1.43 bits per heavy atom. The van der Waals surface area contributed by atoms with E-state index in [9.17, 15) is 9.18 Å². The summed E-state index contributed by atoms with van der Waals surface area (Å²) in [6.45, 7) is 3.66. The van der Waals surface area contributed by atoms with E-state index in [4.69, 9.17) is 16.3 Å². The Labute approximate surface area is 140 Å². The topological polar surface area (TPSA) is 41.6 Å². The Morgan fingerprint density at radius 3 is 3.04 bits per heavy atom. The number of rotatable bonds is 4. The second kappa shape index (κ2) is 7.60. The first-order chi connectivity index (χ1) is 11.1. The predicted molar refractivity (Wildman–Crippen MR) is 86.8 cm³/mol. The van der Waals surface area contributed by atoms with Gasteiger partial charge < -0.3 is 10.1 Å². The molecule has 0 aromatic heterocycles. The van der Waals surface area contributed by atoms with Gasteiger partial charge in [-0.1, -0.05) is 17.7 Å². The first kappa shape index (κ1) is 16.7. The Hall–Kier alpha value is -1.17. The molecule has 6 heteroatoms. The van der Waals surface area contributed by atoms with E-state index in [2.05, 4.69) is 10.2 Å². The van der Waals surface area contributed by atoms with Crippen molar-refractivity contribution in [3.8, 4) is 0 Å². The van der Waals surface area contributed by atoms with Crippen molar-refractivity contribution in [2.24, 2.45) is 5.92 Å². The standard InChI is InChI=1S/C17H22ClFN2O2/c18-16-8-14(19)4-3-12(16)9-21-6-1-2-15(10-21)20-17(22)13-5-7-23-11-13/h3-4,8,13,15H,1-2,5-7,9-11H2,(H,20,22). The van der Waals surface area contributed by atoms with E-state index in [-0.39, 0.29) is 23.7 Å². The van der Waals surface area contributed by atoms with Crippen LogP contribution in [0.2, 0.25) is 5.02 Å². The number of carbonyl (C=O) groups excluding carboxylic acids is 1. The van der Waals surface area contributed by atoms with Crippen molar-refractivity contribution < 1.29 is 13.9 Å². The zero-order chi connectivity index (χ0) is 16.2. The van der Waals surface area contributed by atoms with Crippen LogP contribution in [0.25, 0.3) is 0 Å². The van der Waals surface area contributed by atoms with Gasteiger partial charge >= 0.3 is 0 Å². The molecule has 2 aliphatic heterocycles. The average molecular weight is 341 g/mol. The molecule has 1 aromatic rings. The van der Waals surface area contributed by atoms with Gasteiger partial charge in [0.05, 0.1) is 12.5 Å². The van der Waals surface area contributed by atoms with Crippen molar-refractivity contribution in [3.63, 3.8) is 0 Å². The molecule has 2 atom stereocenters. The summed E-state index contributed by atoms with van der Waals surface area (Å²) in [7, 11) is 0. The molecule has 0 bridgehead atoms. The summed E-state index contributed by atoms with van der Waals surface area (Å²) >= 11 is 6.11. The highest BCUT2D eigenvalue weighted by Crippen LogP contribution is 2.21. The van der Waals surface area contributed by atoms with Crippen LogP contribution in [0, 0.1) is 11.7 Å². The number of amides is 1. The van der Waals surface area contributed by atoms with Crippen LogP contribution in [0.5, 0.6) is 0 Å². The van der Waals surface area contributed by atoms with Crippen LogP contribution < -0.4 is 5.32 Å². The zero-order valence-electron chi connectivity index (χ0n) is 13.1. The summed E-state index contributed by atoms with van der Waals surface area (Å²) in [5.41, 5.74) is 0.921. The monoisotopic (exact) mass is 340 g/mol. The van der Waals surface area contributed by atoms with E-state index in [0.717, 1.165) is 37.9 Å². The van der Waals surface area contributed by atoms with E-state index in [0.29, 0.717) is 24.8 Å². The molecule has 2 saturated heterocycles. The fourth-order valence-corrected chi connectivity index (χ4v) is 3.50. The van der Waals surface area contributed by atoms with Crippen LogP contribution in [0.15, 0.2) is 18.2 Å². The number of likely N-dealkylation sites (tertiary alicyclic amines) is 1. The summed E-state index contributed by atoms with van der Waals surface area (Å²) in [5, 5.41) is 3.60. The lowest BCUT2D eigenvalue weighted by Crippen LogP contribution is -2.49. The van der Waals surface area contributed by atoms with Crippen LogP contribution in [0.1, 0.15) is 24.8 Å². The Kier molecular flexibility index (Phi) is 5.51. The van der Waals surface area contributed by atoms with E-state index >= 15 is 0 Å². The van der Waals surface area contributed by atoms with Gasteiger partial charge in [0.15, 0.2) is 0 Å². The molecule has 2 fully saturated rings. The van der Waals surface area contributed by atoms with Crippen LogP contribution in [0.4, 0.5) is 4.39 Å². The largest absolute Gasteiger partial charge is 0.381 e. The van der Waals surface area contributed by atoms with E-state index in [1.807, 2.05) is 0 Å². The number of hydrogen-bond donors (Lipinski definition) is 1. The van der Waals surface area contributed by atoms with Gasteiger partial charge in [0.2, 0.25) is 5.91 Å². The third kappa shape index (κ3) is 4.43. The Balaban J connectivity index is 1.54. The maximum absolute atomic E-state index is 13.1. The molecule has 0 radical (unpaired) electrons. The van der Waals surface area contributed by atoms with E-state index < -0.39 is 0 Å². The molecule has 2 unspecified atom stereocenters. The first-order valence-corrected chi connectivity index (χ1v) is 8.54. The van der Waals surface area contributed by atoms with Gasteiger partial charge in [-0.3, -0.25) is 9.69 Å². The minimum Gasteiger partial charge on any atom is -0.381 e.